The van der Waals surface area contributed by atoms with E-state index < -0.39 is 0 Å². The lowest BCUT2D eigenvalue weighted by Crippen LogP contribution is -2.42. The van der Waals surface area contributed by atoms with Crippen molar-refractivity contribution in [1.29, 1.82) is 0 Å². The first-order valence-electron chi connectivity index (χ1n) is 11.0. The van der Waals surface area contributed by atoms with E-state index in [-0.39, 0.29) is 23.7 Å². The molecule has 0 spiro atoms. The average Bonchev–Trinajstić information content (AvgIpc) is 2.74. The minimum Gasteiger partial charge on any atom is -0.491 e. The lowest BCUT2D eigenvalue weighted by molar-refractivity contribution is -0.126. The zero-order valence-corrected chi connectivity index (χ0v) is 18.1. The van der Waals surface area contributed by atoms with Crippen LogP contribution in [0.2, 0.25) is 0 Å². The summed E-state index contributed by atoms with van der Waals surface area (Å²) in [7, 11) is 0. The molecule has 1 amide bonds. The van der Waals surface area contributed by atoms with Gasteiger partial charge < -0.3 is 10.1 Å². The maximum atomic E-state index is 13.1. The molecule has 2 aromatic rings. The van der Waals surface area contributed by atoms with Crippen molar-refractivity contribution in [3.63, 3.8) is 0 Å². The van der Waals surface area contributed by atoms with E-state index in [2.05, 4.69) is 22.3 Å². The van der Waals surface area contributed by atoms with Gasteiger partial charge in [-0.15, -0.1) is 0 Å². The van der Waals surface area contributed by atoms with Gasteiger partial charge in [0.1, 0.15) is 11.6 Å². The van der Waals surface area contributed by atoms with Gasteiger partial charge in [0.15, 0.2) is 0 Å². The van der Waals surface area contributed by atoms with E-state index in [4.69, 9.17) is 4.74 Å². The maximum absolute atomic E-state index is 13.1. The predicted molar refractivity (Wildman–Crippen MR) is 118 cm³/mol. The highest BCUT2D eigenvalue weighted by Crippen LogP contribution is 2.19. The van der Waals surface area contributed by atoms with Gasteiger partial charge in [0.05, 0.1) is 12.0 Å². The van der Waals surface area contributed by atoms with Crippen LogP contribution < -0.4 is 10.1 Å². The highest BCUT2D eigenvalue weighted by molar-refractivity contribution is 5.78. The summed E-state index contributed by atoms with van der Waals surface area (Å²) < 4.78 is 18.7. The van der Waals surface area contributed by atoms with E-state index >= 15 is 0 Å². The van der Waals surface area contributed by atoms with Crippen LogP contribution in [0, 0.1) is 11.7 Å². The number of likely N-dealkylation sites (tertiary alicyclic amines) is 1. The monoisotopic (exact) mass is 412 g/mol. The molecule has 1 aliphatic rings. The van der Waals surface area contributed by atoms with Crippen molar-refractivity contribution in [2.75, 3.05) is 19.6 Å². The fourth-order valence-corrected chi connectivity index (χ4v) is 3.92. The SMILES string of the molecule is CC(C)Oc1ccc(CCCNC(=O)[C@H]2CCCN(Cc3ccc(F)cc3)C2)cc1. The van der Waals surface area contributed by atoms with Crippen molar-refractivity contribution < 1.29 is 13.9 Å². The normalized spacial score (nSPS) is 17.1. The van der Waals surface area contributed by atoms with Crippen LogP contribution in [0.1, 0.15) is 44.2 Å². The molecule has 3 rings (SSSR count). The number of halogens is 1. The minimum absolute atomic E-state index is 0.0339. The van der Waals surface area contributed by atoms with Crippen molar-refractivity contribution >= 4 is 5.91 Å². The van der Waals surface area contributed by atoms with Gasteiger partial charge in [-0.2, -0.15) is 0 Å². The summed E-state index contributed by atoms with van der Waals surface area (Å²) in [4.78, 5) is 14.9. The summed E-state index contributed by atoms with van der Waals surface area (Å²) >= 11 is 0. The Morgan fingerprint density at radius 3 is 2.53 bits per heavy atom. The number of hydrogen-bond donors (Lipinski definition) is 1. The summed E-state index contributed by atoms with van der Waals surface area (Å²) in [5.41, 5.74) is 2.34. The van der Waals surface area contributed by atoms with Gasteiger partial charge in [-0.05, 0) is 81.5 Å². The van der Waals surface area contributed by atoms with E-state index in [1.54, 1.807) is 0 Å². The van der Waals surface area contributed by atoms with E-state index in [9.17, 15) is 9.18 Å². The van der Waals surface area contributed by atoms with Gasteiger partial charge in [-0.1, -0.05) is 24.3 Å². The highest BCUT2D eigenvalue weighted by atomic mass is 19.1. The molecule has 30 heavy (non-hydrogen) atoms. The van der Waals surface area contributed by atoms with Crippen LogP contribution in [0.25, 0.3) is 0 Å². The Hall–Kier alpha value is -2.40. The number of nitrogens with one attached hydrogen (secondary N) is 1. The second kappa shape index (κ2) is 11.1. The Bertz CT molecular complexity index is 790. The first-order valence-corrected chi connectivity index (χ1v) is 11.0. The van der Waals surface area contributed by atoms with Crippen molar-refractivity contribution in [3.05, 3.63) is 65.5 Å². The lowest BCUT2D eigenvalue weighted by atomic mass is 9.96. The molecule has 0 unspecified atom stereocenters. The Morgan fingerprint density at radius 1 is 1.13 bits per heavy atom. The van der Waals surface area contributed by atoms with E-state index in [0.717, 1.165) is 56.6 Å². The zero-order valence-electron chi connectivity index (χ0n) is 18.1. The number of carbonyl (C=O) groups is 1. The highest BCUT2D eigenvalue weighted by Gasteiger charge is 2.25. The van der Waals surface area contributed by atoms with Gasteiger partial charge in [0, 0.05) is 19.6 Å². The summed E-state index contributed by atoms with van der Waals surface area (Å²) in [5.74, 6) is 0.866. The molecule has 2 aromatic carbocycles. The molecule has 1 N–H and O–H groups in total. The summed E-state index contributed by atoms with van der Waals surface area (Å²) in [5, 5.41) is 3.11. The number of aryl methyl sites for hydroxylation is 1. The summed E-state index contributed by atoms with van der Waals surface area (Å²) in [6.07, 6.45) is 3.98. The fraction of sp³-hybridized carbons (Fsp3) is 0.480. The average molecular weight is 413 g/mol. The minimum atomic E-state index is -0.213. The largest absolute Gasteiger partial charge is 0.491 e. The first kappa shape index (κ1) is 22.3. The van der Waals surface area contributed by atoms with Gasteiger partial charge >= 0.3 is 0 Å². The Kier molecular flexibility index (Phi) is 8.26. The van der Waals surface area contributed by atoms with Crippen molar-refractivity contribution in [1.82, 2.24) is 10.2 Å². The Morgan fingerprint density at radius 2 is 1.83 bits per heavy atom. The standard InChI is InChI=1S/C25H33FN2O2/c1-19(2)30-24-13-9-20(10-14-24)5-3-15-27-25(29)22-6-4-16-28(18-22)17-21-7-11-23(26)12-8-21/h7-14,19,22H,3-6,15-18H2,1-2H3,(H,27,29)/t22-/m0/s1. The smallest absolute Gasteiger partial charge is 0.224 e. The van der Waals surface area contributed by atoms with Crippen LogP contribution in [0.5, 0.6) is 5.75 Å². The molecule has 0 aliphatic carbocycles. The van der Waals surface area contributed by atoms with Crippen LogP contribution in [0.4, 0.5) is 4.39 Å². The molecule has 0 bridgehead atoms. The number of benzene rings is 2. The maximum Gasteiger partial charge on any atom is 0.224 e. The number of piperidine rings is 1. The van der Waals surface area contributed by atoms with Gasteiger partial charge in [-0.3, -0.25) is 9.69 Å². The predicted octanol–water partition coefficient (Wildman–Crippen LogP) is 4.57. The van der Waals surface area contributed by atoms with Crippen LogP contribution in [0.15, 0.2) is 48.5 Å². The van der Waals surface area contributed by atoms with Crippen LogP contribution >= 0.6 is 0 Å². The lowest BCUT2D eigenvalue weighted by Gasteiger charge is -2.32. The van der Waals surface area contributed by atoms with Crippen molar-refractivity contribution in [2.45, 2.75) is 52.2 Å². The van der Waals surface area contributed by atoms with Gasteiger partial charge in [-0.25, -0.2) is 4.39 Å². The number of amides is 1. The molecule has 5 heteroatoms. The zero-order chi connectivity index (χ0) is 21.3. The van der Waals surface area contributed by atoms with Crippen LogP contribution in [-0.4, -0.2) is 36.5 Å². The van der Waals surface area contributed by atoms with Crippen LogP contribution in [-0.2, 0) is 17.8 Å². The quantitative estimate of drug-likeness (QED) is 0.613. The molecule has 1 fully saturated rings. The third-order valence-corrected chi connectivity index (χ3v) is 5.43. The number of hydrogen-bond acceptors (Lipinski definition) is 3. The third-order valence-electron chi connectivity index (χ3n) is 5.43. The molecule has 4 nitrogen and oxygen atoms in total. The molecule has 1 atom stereocenters. The molecule has 1 heterocycles. The number of nitrogens with zero attached hydrogens (tertiary/aromatic N) is 1. The molecule has 1 aliphatic heterocycles. The topological polar surface area (TPSA) is 41.6 Å². The van der Waals surface area contributed by atoms with E-state index in [0.29, 0.717) is 6.54 Å². The van der Waals surface area contributed by atoms with Gasteiger partial charge in [0.2, 0.25) is 5.91 Å². The molecule has 162 valence electrons. The Labute approximate surface area is 179 Å². The molecular formula is C25H33FN2O2. The molecule has 0 aromatic heterocycles. The molecule has 0 saturated carbocycles. The van der Waals surface area contributed by atoms with E-state index in [1.807, 2.05) is 38.1 Å². The first-order chi connectivity index (χ1) is 14.5. The summed E-state index contributed by atoms with van der Waals surface area (Å²) in [6.45, 7) is 7.24. The Balaban J connectivity index is 1.37. The van der Waals surface area contributed by atoms with Gasteiger partial charge in [0.25, 0.3) is 0 Å². The second-order valence-electron chi connectivity index (χ2n) is 8.41. The second-order valence-corrected chi connectivity index (χ2v) is 8.41. The van der Waals surface area contributed by atoms with E-state index in [1.165, 1.54) is 17.7 Å². The fourth-order valence-electron chi connectivity index (χ4n) is 3.92. The summed E-state index contributed by atoms with van der Waals surface area (Å²) in [6, 6.07) is 14.8. The number of carbonyl (C=O) groups excluding carboxylic acids is 1. The molecule has 1 saturated heterocycles. The number of rotatable bonds is 9. The molecule has 0 radical (unpaired) electrons. The number of ether oxygens (including phenoxy) is 1. The molecular weight excluding hydrogens is 379 g/mol. The van der Waals surface area contributed by atoms with Crippen molar-refractivity contribution in [2.24, 2.45) is 5.92 Å². The van der Waals surface area contributed by atoms with Crippen molar-refractivity contribution in [3.8, 4) is 5.75 Å². The van der Waals surface area contributed by atoms with Crippen LogP contribution in [0.3, 0.4) is 0 Å². The third kappa shape index (κ3) is 7.13.